The molecule has 112 valence electrons. The van der Waals surface area contributed by atoms with Crippen LogP contribution in [0.4, 0.5) is 0 Å². The van der Waals surface area contributed by atoms with E-state index in [4.69, 9.17) is 5.14 Å². The Balaban J connectivity index is 3.17. The highest BCUT2D eigenvalue weighted by Crippen LogP contribution is 2.17. The first-order valence-electron chi connectivity index (χ1n) is 6.72. The number of carbonyl (C=O) groups excluding carboxylic acids is 1. The van der Waals surface area contributed by atoms with Gasteiger partial charge in [-0.2, -0.15) is 0 Å². The van der Waals surface area contributed by atoms with Crippen LogP contribution in [0.25, 0.3) is 0 Å². The van der Waals surface area contributed by atoms with Crippen molar-refractivity contribution >= 4 is 15.9 Å². The number of amides is 1. The van der Waals surface area contributed by atoms with Gasteiger partial charge < -0.3 is 4.90 Å². The molecular formula is C14H22N2O3S. The second kappa shape index (κ2) is 6.85. The van der Waals surface area contributed by atoms with Gasteiger partial charge in [-0.1, -0.05) is 26.3 Å². The maximum absolute atomic E-state index is 12.4. The van der Waals surface area contributed by atoms with Gasteiger partial charge in [-0.15, -0.1) is 0 Å². The van der Waals surface area contributed by atoms with E-state index in [0.29, 0.717) is 18.5 Å². The maximum Gasteiger partial charge on any atom is 0.253 e. The van der Waals surface area contributed by atoms with E-state index in [9.17, 15) is 13.2 Å². The van der Waals surface area contributed by atoms with Crippen molar-refractivity contribution < 1.29 is 13.2 Å². The van der Waals surface area contributed by atoms with E-state index in [0.717, 1.165) is 18.4 Å². The molecule has 6 heteroatoms. The highest BCUT2D eigenvalue weighted by Gasteiger charge is 2.18. The zero-order chi connectivity index (χ0) is 15.3. The van der Waals surface area contributed by atoms with Crippen LogP contribution in [0.5, 0.6) is 0 Å². The molecule has 0 radical (unpaired) electrons. The van der Waals surface area contributed by atoms with Gasteiger partial charge in [0.05, 0.1) is 4.90 Å². The van der Waals surface area contributed by atoms with Crippen LogP contribution in [-0.2, 0) is 16.4 Å². The van der Waals surface area contributed by atoms with Gasteiger partial charge in [-0.25, -0.2) is 13.6 Å². The van der Waals surface area contributed by atoms with E-state index in [1.807, 2.05) is 6.92 Å². The first-order chi connectivity index (χ1) is 9.31. The summed E-state index contributed by atoms with van der Waals surface area (Å²) in [6.07, 6.45) is 2.57. The second-order valence-electron chi connectivity index (χ2n) is 4.80. The minimum Gasteiger partial charge on any atom is -0.342 e. The van der Waals surface area contributed by atoms with Crippen LogP contribution in [0.15, 0.2) is 23.1 Å². The van der Waals surface area contributed by atoms with Crippen molar-refractivity contribution in [3.63, 3.8) is 0 Å². The summed E-state index contributed by atoms with van der Waals surface area (Å²) >= 11 is 0. The smallest absolute Gasteiger partial charge is 0.253 e. The minimum absolute atomic E-state index is 0.0260. The summed E-state index contributed by atoms with van der Waals surface area (Å²) in [4.78, 5) is 14.0. The van der Waals surface area contributed by atoms with E-state index in [1.165, 1.54) is 12.1 Å². The number of rotatable bonds is 6. The van der Waals surface area contributed by atoms with E-state index < -0.39 is 10.0 Å². The van der Waals surface area contributed by atoms with E-state index in [1.54, 1.807) is 18.0 Å². The molecule has 0 spiro atoms. The van der Waals surface area contributed by atoms with Crippen LogP contribution in [0.2, 0.25) is 0 Å². The van der Waals surface area contributed by atoms with Crippen LogP contribution < -0.4 is 5.14 Å². The van der Waals surface area contributed by atoms with Crippen LogP contribution in [0.1, 0.15) is 42.6 Å². The second-order valence-corrected chi connectivity index (χ2v) is 6.36. The van der Waals surface area contributed by atoms with E-state index >= 15 is 0 Å². The number of unbranched alkanes of at least 4 members (excludes halogenated alkanes) is 1. The van der Waals surface area contributed by atoms with Gasteiger partial charge in [-0.05, 0) is 30.5 Å². The summed E-state index contributed by atoms with van der Waals surface area (Å²) in [5, 5.41) is 5.12. The fourth-order valence-corrected chi connectivity index (χ4v) is 2.48. The Bertz CT molecular complexity index is 582. The van der Waals surface area contributed by atoms with Crippen molar-refractivity contribution in [1.29, 1.82) is 0 Å². The monoisotopic (exact) mass is 298 g/mol. The number of hydrogen-bond acceptors (Lipinski definition) is 3. The Labute approximate surface area is 120 Å². The Kier molecular flexibility index (Phi) is 5.71. The number of nitrogens with two attached hydrogens (primary N) is 1. The van der Waals surface area contributed by atoms with Crippen LogP contribution in [-0.4, -0.2) is 32.8 Å². The summed E-state index contributed by atoms with van der Waals surface area (Å²) in [6, 6.07) is 4.47. The maximum atomic E-state index is 12.4. The van der Waals surface area contributed by atoms with Crippen molar-refractivity contribution in [3.05, 3.63) is 29.3 Å². The Morgan fingerprint density at radius 1 is 1.30 bits per heavy atom. The van der Waals surface area contributed by atoms with E-state index in [-0.39, 0.29) is 10.8 Å². The quantitative estimate of drug-likeness (QED) is 0.869. The highest BCUT2D eigenvalue weighted by molar-refractivity contribution is 7.89. The molecule has 0 atom stereocenters. The summed E-state index contributed by atoms with van der Waals surface area (Å²) in [7, 11) is -2.07. The van der Waals surface area contributed by atoms with Crippen molar-refractivity contribution in [2.45, 2.75) is 38.0 Å². The topological polar surface area (TPSA) is 80.5 Å². The lowest BCUT2D eigenvalue weighted by atomic mass is 10.0. The Hall–Kier alpha value is -1.40. The van der Waals surface area contributed by atoms with Gasteiger partial charge in [0.15, 0.2) is 0 Å². The van der Waals surface area contributed by atoms with Gasteiger partial charge in [0, 0.05) is 19.2 Å². The third-order valence-corrected chi connectivity index (χ3v) is 4.13. The van der Waals surface area contributed by atoms with Gasteiger partial charge >= 0.3 is 0 Å². The summed E-state index contributed by atoms with van der Waals surface area (Å²) in [5.41, 5.74) is 1.24. The molecule has 5 nitrogen and oxygen atoms in total. The number of carbonyl (C=O) groups is 1. The van der Waals surface area contributed by atoms with Crippen molar-refractivity contribution in [2.24, 2.45) is 5.14 Å². The van der Waals surface area contributed by atoms with Crippen molar-refractivity contribution in [2.75, 3.05) is 13.6 Å². The predicted molar refractivity (Wildman–Crippen MR) is 79.1 cm³/mol. The van der Waals surface area contributed by atoms with Crippen molar-refractivity contribution in [3.8, 4) is 0 Å². The lowest BCUT2D eigenvalue weighted by Crippen LogP contribution is -2.29. The summed E-state index contributed by atoms with van der Waals surface area (Å²) in [6.45, 7) is 4.63. The molecule has 20 heavy (non-hydrogen) atoms. The number of nitrogens with zero attached hydrogens (tertiary/aromatic N) is 1. The molecule has 0 aliphatic heterocycles. The molecule has 0 heterocycles. The largest absolute Gasteiger partial charge is 0.342 e. The first-order valence-corrected chi connectivity index (χ1v) is 8.27. The average molecular weight is 298 g/mol. The van der Waals surface area contributed by atoms with Crippen molar-refractivity contribution in [1.82, 2.24) is 4.90 Å². The molecule has 0 saturated carbocycles. The van der Waals surface area contributed by atoms with Gasteiger partial charge in [0.1, 0.15) is 0 Å². The molecule has 1 amide bonds. The SMILES string of the molecule is CCCCN(C)C(=O)c1cc(S(N)(=O)=O)ccc1CC. The number of sulfonamides is 1. The number of hydrogen-bond donors (Lipinski definition) is 1. The molecule has 1 rings (SSSR count). The van der Waals surface area contributed by atoms with Crippen LogP contribution >= 0.6 is 0 Å². The van der Waals surface area contributed by atoms with E-state index in [2.05, 4.69) is 6.92 Å². The lowest BCUT2D eigenvalue weighted by Gasteiger charge is -2.19. The highest BCUT2D eigenvalue weighted by atomic mass is 32.2. The average Bonchev–Trinajstić information content (AvgIpc) is 2.42. The number of primary sulfonamides is 1. The van der Waals surface area contributed by atoms with Crippen LogP contribution in [0, 0.1) is 0 Å². The molecule has 0 aromatic heterocycles. The van der Waals surface area contributed by atoms with Gasteiger partial charge in [0.2, 0.25) is 10.0 Å². The number of aryl methyl sites for hydroxylation is 1. The molecular weight excluding hydrogens is 276 g/mol. The Morgan fingerprint density at radius 2 is 1.95 bits per heavy atom. The molecule has 0 saturated heterocycles. The van der Waals surface area contributed by atoms with Crippen LogP contribution in [0.3, 0.4) is 0 Å². The fourth-order valence-electron chi connectivity index (χ4n) is 1.94. The third kappa shape index (κ3) is 4.05. The van der Waals surface area contributed by atoms with Gasteiger partial charge in [-0.3, -0.25) is 4.79 Å². The minimum atomic E-state index is -3.80. The zero-order valence-corrected chi connectivity index (χ0v) is 13.0. The molecule has 0 bridgehead atoms. The normalized spacial score (nSPS) is 11.4. The molecule has 1 aromatic carbocycles. The number of benzene rings is 1. The zero-order valence-electron chi connectivity index (χ0n) is 12.2. The molecule has 1 aromatic rings. The van der Waals surface area contributed by atoms with Gasteiger partial charge in [0.25, 0.3) is 5.91 Å². The molecule has 0 unspecified atom stereocenters. The third-order valence-electron chi connectivity index (χ3n) is 3.21. The predicted octanol–water partition coefficient (Wildman–Crippen LogP) is 1.77. The Morgan fingerprint density at radius 3 is 2.45 bits per heavy atom. The molecule has 2 N–H and O–H groups in total. The fraction of sp³-hybridized carbons (Fsp3) is 0.500. The molecule has 0 aliphatic rings. The molecule has 0 aliphatic carbocycles. The summed E-state index contributed by atoms with van der Waals surface area (Å²) < 4.78 is 22.8. The summed E-state index contributed by atoms with van der Waals surface area (Å²) in [5.74, 6) is -0.166. The standard InChI is InChI=1S/C14H22N2O3S/c1-4-6-9-16(3)14(17)13-10-12(20(15,18)19)8-7-11(13)5-2/h7-8,10H,4-6,9H2,1-3H3,(H2,15,18,19). The first kappa shape index (κ1) is 16.7. The molecule has 0 fully saturated rings. The lowest BCUT2D eigenvalue weighted by molar-refractivity contribution is 0.0792.